The quantitative estimate of drug-likeness (QED) is 0.544. The molecule has 0 aliphatic rings. The summed E-state index contributed by atoms with van der Waals surface area (Å²) < 4.78 is 2.15. The summed E-state index contributed by atoms with van der Waals surface area (Å²) >= 11 is 0. The molecule has 0 spiro atoms. The molecule has 0 aliphatic heterocycles. The summed E-state index contributed by atoms with van der Waals surface area (Å²) in [7, 11) is 4.00. The molecule has 1 unspecified atom stereocenters. The third kappa shape index (κ3) is 7.01. The van der Waals surface area contributed by atoms with Crippen LogP contribution in [0.3, 0.4) is 0 Å². The average Bonchev–Trinajstić information content (AvgIpc) is 3.14. The van der Waals surface area contributed by atoms with Crippen molar-refractivity contribution in [3.05, 3.63) is 60.4 Å². The van der Waals surface area contributed by atoms with Crippen LogP contribution in [0, 0.1) is 0 Å². The SMILES string of the molecule is CN=C(NCCC(C)N(C)Cc1ccccc1)NCCn1cccc1. The van der Waals surface area contributed by atoms with E-state index in [-0.39, 0.29) is 0 Å². The van der Waals surface area contributed by atoms with E-state index in [1.54, 1.807) is 0 Å². The molecule has 25 heavy (non-hydrogen) atoms. The van der Waals surface area contributed by atoms with Crippen molar-refractivity contribution in [2.24, 2.45) is 4.99 Å². The van der Waals surface area contributed by atoms with Crippen molar-refractivity contribution in [2.75, 3.05) is 27.2 Å². The smallest absolute Gasteiger partial charge is 0.191 e. The summed E-state index contributed by atoms with van der Waals surface area (Å²) in [6, 6.07) is 15.2. The van der Waals surface area contributed by atoms with E-state index in [4.69, 9.17) is 0 Å². The molecule has 1 aromatic heterocycles. The number of aliphatic imine (C=N–C) groups is 1. The minimum absolute atomic E-state index is 0.505. The third-order valence-corrected chi connectivity index (χ3v) is 4.43. The fraction of sp³-hybridized carbons (Fsp3) is 0.450. The molecule has 5 nitrogen and oxygen atoms in total. The summed E-state index contributed by atoms with van der Waals surface area (Å²) in [5, 5.41) is 6.76. The Bertz CT molecular complexity index is 606. The number of guanidine groups is 1. The minimum Gasteiger partial charge on any atom is -0.356 e. The van der Waals surface area contributed by atoms with Gasteiger partial charge in [-0.1, -0.05) is 30.3 Å². The van der Waals surface area contributed by atoms with Gasteiger partial charge in [0.15, 0.2) is 5.96 Å². The first-order valence-corrected chi connectivity index (χ1v) is 8.98. The Hall–Kier alpha value is -2.27. The van der Waals surface area contributed by atoms with Crippen molar-refractivity contribution in [3.8, 4) is 0 Å². The highest BCUT2D eigenvalue weighted by molar-refractivity contribution is 5.79. The molecular formula is C20H31N5. The summed E-state index contributed by atoms with van der Waals surface area (Å²) in [5.74, 6) is 0.866. The number of hydrogen-bond donors (Lipinski definition) is 2. The molecule has 1 heterocycles. The molecule has 1 aromatic carbocycles. The summed E-state index contributed by atoms with van der Waals surface area (Å²) in [5.41, 5.74) is 1.35. The van der Waals surface area contributed by atoms with Gasteiger partial charge in [-0.3, -0.25) is 9.89 Å². The number of benzene rings is 1. The fourth-order valence-corrected chi connectivity index (χ4v) is 2.69. The van der Waals surface area contributed by atoms with Gasteiger partial charge in [0.25, 0.3) is 0 Å². The lowest BCUT2D eigenvalue weighted by Crippen LogP contribution is -2.41. The van der Waals surface area contributed by atoms with Crippen LogP contribution in [0.15, 0.2) is 59.9 Å². The molecule has 0 radical (unpaired) electrons. The Kier molecular flexibility index (Phi) is 8.05. The van der Waals surface area contributed by atoms with Crippen LogP contribution >= 0.6 is 0 Å². The van der Waals surface area contributed by atoms with Gasteiger partial charge in [0.05, 0.1) is 0 Å². The number of hydrogen-bond acceptors (Lipinski definition) is 2. The van der Waals surface area contributed by atoms with Gasteiger partial charge >= 0.3 is 0 Å². The molecule has 2 N–H and O–H groups in total. The molecule has 2 rings (SSSR count). The number of rotatable bonds is 9. The minimum atomic E-state index is 0.505. The van der Waals surface area contributed by atoms with Crippen molar-refractivity contribution in [3.63, 3.8) is 0 Å². The number of nitrogens with zero attached hydrogens (tertiary/aromatic N) is 3. The Labute approximate surface area is 151 Å². The predicted octanol–water partition coefficient (Wildman–Crippen LogP) is 2.56. The van der Waals surface area contributed by atoms with Crippen molar-refractivity contribution in [1.82, 2.24) is 20.1 Å². The van der Waals surface area contributed by atoms with E-state index in [0.29, 0.717) is 6.04 Å². The zero-order chi connectivity index (χ0) is 17.9. The largest absolute Gasteiger partial charge is 0.356 e. The van der Waals surface area contributed by atoms with Crippen LogP contribution in [0.2, 0.25) is 0 Å². The van der Waals surface area contributed by atoms with Crippen LogP contribution in [-0.4, -0.2) is 48.7 Å². The van der Waals surface area contributed by atoms with E-state index < -0.39 is 0 Å². The Morgan fingerprint density at radius 3 is 2.44 bits per heavy atom. The first-order valence-electron chi connectivity index (χ1n) is 8.98. The fourth-order valence-electron chi connectivity index (χ4n) is 2.69. The lowest BCUT2D eigenvalue weighted by molar-refractivity contribution is 0.238. The van der Waals surface area contributed by atoms with Crippen LogP contribution in [0.4, 0.5) is 0 Å². The first kappa shape index (κ1) is 19.1. The predicted molar refractivity (Wildman–Crippen MR) is 106 cm³/mol. The normalized spacial score (nSPS) is 13.0. The zero-order valence-electron chi connectivity index (χ0n) is 15.7. The number of aromatic nitrogens is 1. The molecule has 0 saturated heterocycles. The summed E-state index contributed by atoms with van der Waals surface area (Å²) in [4.78, 5) is 6.68. The van der Waals surface area contributed by atoms with E-state index in [1.807, 2.05) is 19.2 Å². The molecular weight excluding hydrogens is 310 g/mol. The summed E-state index contributed by atoms with van der Waals surface area (Å²) in [6.45, 7) is 5.95. The van der Waals surface area contributed by atoms with Crippen molar-refractivity contribution < 1.29 is 0 Å². The monoisotopic (exact) mass is 341 g/mol. The zero-order valence-corrected chi connectivity index (χ0v) is 15.7. The average molecular weight is 342 g/mol. The second kappa shape index (κ2) is 10.6. The molecule has 136 valence electrons. The van der Waals surface area contributed by atoms with Crippen molar-refractivity contribution >= 4 is 5.96 Å². The van der Waals surface area contributed by atoms with Gasteiger partial charge in [-0.05, 0) is 38.1 Å². The molecule has 0 amide bonds. The van der Waals surface area contributed by atoms with Gasteiger partial charge in [-0.15, -0.1) is 0 Å². The lowest BCUT2D eigenvalue weighted by Gasteiger charge is -2.25. The molecule has 0 bridgehead atoms. The molecule has 0 fully saturated rings. The molecule has 0 aliphatic carbocycles. The molecule has 0 saturated carbocycles. The second-order valence-electron chi connectivity index (χ2n) is 6.39. The molecule has 1 atom stereocenters. The van der Waals surface area contributed by atoms with E-state index in [1.165, 1.54) is 5.56 Å². The highest BCUT2D eigenvalue weighted by Crippen LogP contribution is 2.07. The van der Waals surface area contributed by atoms with Crippen LogP contribution < -0.4 is 10.6 Å². The standard InChI is InChI=1S/C20H31N5/c1-18(24(3)17-19-9-5-4-6-10-19)11-12-22-20(21-2)23-13-16-25-14-7-8-15-25/h4-10,14-15,18H,11-13,16-17H2,1-3H3,(H2,21,22,23). The van der Waals surface area contributed by atoms with Gasteiger partial charge in [-0.25, -0.2) is 0 Å². The van der Waals surface area contributed by atoms with E-state index >= 15 is 0 Å². The van der Waals surface area contributed by atoms with E-state index in [0.717, 1.165) is 38.6 Å². The second-order valence-corrected chi connectivity index (χ2v) is 6.39. The summed E-state index contributed by atoms with van der Waals surface area (Å²) in [6.07, 6.45) is 5.21. The Morgan fingerprint density at radius 1 is 1.08 bits per heavy atom. The van der Waals surface area contributed by atoms with Gasteiger partial charge in [0.2, 0.25) is 0 Å². The van der Waals surface area contributed by atoms with Gasteiger partial charge < -0.3 is 15.2 Å². The van der Waals surface area contributed by atoms with Crippen molar-refractivity contribution in [2.45, 2.75) is 32.5 Å². The third-order valence-electron chi connectivity index (χ3n) is 4.43. The topological polar surface area (TPSA) is 44.6 Å². The Balaban J connectivity index is 1.63. The van der Waals surface area contributed by atoms with Gasteiger partial charge in [0, 0.05) is 51.7 Å². The molecule has 5 heteroatoms. The maximum atomic E-state index is 4.29. The van der Waals surface area contributed by atoms with E-state index in [9.17, 15) is 0 Å². The highest BCUT2D eigenvalue weighted by Gasteiger charge is 2.09. The maximum absolute atomic E-state index is 4.29. The lowest BCUT2D eigenvalue weighted by atomic mass is 10.1. The van der Waals surface area contributed by atoms with Crippen molar-refractivity contribution in [1.29, 1.82) is 0 Å². The first-order chi connectivity index (χ1) is 12.2. The van der Waals surface area contributed by atoms with Crippen LogP contribution in [0.5, 0.6) is 0 Å². The highest BCUT2D eigenvalue weighted by atomic mass is 15.2. The Morgan fingerprint density at radius 2 is 1.76 bits per heavy atom. The van der Waals surface area contributed by atoms with Gasteiger partial charge in [-0.2, -0.15) is 0 Å². The van der Waals surface area contributed by atoms with Crippen LogP contribution in [-0.2, 0) is 13.1 Å². The van der Waals surface area contributed by atoms with Crippen LogP contribution in [0.1, 0.15) is 18.9 Å². The van der Waals surface area contributed by atoms with Crippen LogP contribution in [0.25, 0.3) is 0 Å². The molecule has 2 aromatic rings. The number of nitrogens with one attached hydrogen (secondary N) is 2. The maximum Gasteiger partial charge on any atom is 0.191 e. The van der Waals surface area contributed by atoms with E-state index in [2.05, 4.69) is 81.8 Å². The van der Waals surface area contributed by atoms with Gasteiger partial charge in [0.1, 0.15) is 0 Å².